The lowest BCUT2D eigenvalue weighted by Crippen LogP contribution is -2.32. The van der Waals surface area contributed by atoms with Gasteiger partial charge >= 0.3 is 0 Å². The Morgan fingerprint density at radius 3 is 3.00 bits per heavy atom. The SMILES string of the molecule is CC(NC(=O)C[C@@H]1CCC[C@H]1N)c1cccc(-n2cccn2)c1. The highest BCUT2D eigenvalue weighted by Crippen LogP contribution is 2.27. The van der Waals surface area contributed by atoms with E-state index in [-0.39, 0.29) is 18.0 Å². The molecule has 5 heteroatoms. The second kappa shape index (κ2) is 6.96. The van der Waals surface area contributed by atoms with E-state index in [1.54, 1.807) is 6.20 Å². The van der Waals surface area contributed by atoms with Crippen molar-refractivity contribution < 1.29 is 4.79 Å². The number of carbonyl (C=O) groups excluding carboxylic acids is 1. The third-order valence-electron chi connectivity index (χ3n) is 4.68. The third-order valence-corrected chi connectivity index (χ3v) is 4.68. The Hall–Kier alpha value is -2.14. The highest BCUT2D eigenvalue weighted by molar-refractivity contribution is 5.76. The lowest BCUT2D eigenvalue weighted by molar-refractivity contribution is -0.122. The van der Waals surface area contributed by atoms with Gasteiger partial charge in [-0.1, -0.05) is 18.6 Å². The monoisotopic (exact) mass is 312 g/mol. The number of nitrogens with zero attached hydrogens (tertiary/aromatic N) is 2. The molecular formula is C18H24N4O. The molecule has 0 saturated heterocycles. The van der Waals surface area contributed by atoms with Crippen LogP contribution in [0.5, 0.6) is 0 Å². The van der Waals surface area contributed by atoms with Gasteiger partial charge in [0.25, 0.3) is 0 Å². The Labute approximate surface area is 136 Å². The van der Waals surface area contributed by atoms with Crippen LogP contribution >= 0.6 is 0 Å². The van der Waals surface area contributed by atoms with Crippen LogP contribution in [0.1, 0.15) is 44.2 Å². The molecule has 1 heterocycles. The van der Waals surface area contributed by atoms with Crippen LogP contribution in [-0.4, -0.2) is 21.7 Å². The van der Waals surface area contributed by atoms with Crippen molar-refractivity contribution in [1.82, 2.24) is 15.1 Å². The van der Waals surface area contributed by atoms with Crippen molar-refractivity contribution in [3.8, 4) is 5.69 Å². The lowest BCUT2D eigenvalue weighted by Gasteiger charge is -2.19. The second-order valence-corrected chi connectivity index (χ2v) is 6.39. The highest BCUT2D eigenvalue weighted by atomic mass is 16.1. The molecule has 122 valence electrons. The van der Waals surface area contributed by atoms with Crippen LogP contribution < -0.4 is 11.1 Å². The van der Waals surface area contributed by atoms with Crippen LogP contribution in [0, 0.1) is 5.92 Å². The molecule has 3 N–H and O–H groups in total. The second-order valence-electron chi connectivity index (χ2n) is 6.39. The number of hydrogen-bond donors (Lipinski definition) is 2. The third kappa shape index (κ3) is 3.79. The maximum absolute atomic E-state index is 12.3. The minimum Gasteiger partial charge on any atom is -0.350 e. The normalized spacial score (nSPS) is 22.0. The van der Waals surface area contributed by atoms with Gasteiger partial charge in [0.05, 0.1) is 11.7 Å². The van der Waals surface area contributed by atoms with E-state index in [4.69, 9.17) is 5.73 Å². The largest absolute Gasteiger partial charge is 0.350 e. The molecule has 0 radical (unpaired) electrons. The summed E-state index contributed by atoms with van der Waals surface area (Å²) in [4.78, 5) is 12.3. The van der Waals surface area contributed by atoms with Crippen molar-refractivity contribution in [3.05, 3.63) is 48.3 Å². The molecule has 1 aliphatic rings. The number of nitrogens with one attached hydrogen (secondary N) is 1. The van der Waals surface area contributed by atoms with Crippen molar-refractivity contribution in [2.24, 2.45) is 11.7 Å². The highest BCUT2D eigenvalue weighted by Gasteiger charge is 2.26. The standard InChI is InChI=1S/C18H24N4O/c1-13(21-18(23)12-15-6-3-8-17(15)19)14-5-2-7-16(11-14)22-10-4-9-20-22/h2,4-5,7,9-11,13,15,17H,3,6,8,12,19H2,1H3,(H,21,23)/t13?,15-,17+/m0/s1. The van der Waals surface area contributed by atoms with Crippen LogP contribution in [0.4, 0.5) is 0 Å². The smallest absolute Gasteiger partial charge is 0.220 e. The maximum atomic E-state index is 12.3. The van der Waals surface area contributed by atoms with Gasteiger partial charge in [0.2, 0.25) is 5.91 Å². The molecule has 1 saturated carbocycles. The Morgan fingerprint density at radius 1 is 1.43 bits per heavy atom. The lowest BCUT2D eigenvalue weighted by atomic mass is 9.99. The quantitative estimate of drug-likeness (QED) is 0.891. The fraction of sp³-hybridized carbons (Fsp3) is 0.444. The van der Waals surface area contributed by atoms with Crippen molar-refractivity contribution in [3.63, 3.8) is 0 Å². The molecule has 0 bridgehead atoms. The summed E-state index contributed by atoms with van der Waals surface area (Å²) >= 11 is 0. The summed E-state index contributed by atoms with van der Waals surface area (Å²) in [6, 6.07) is 10.1. The van der Waals surface area contributed by atoms with Gasteiger partial charge in [-0.3, -0.25) is 4.79 Å². The van der Waals surface area contributed by atoms with Crippen LogP contribution in [-0.2, 0) is 4.79 Å². The fourth-order valence-corrected chi connectivity index (χ4v) is 3.30. The summed E-state index contributed by atoms with van der Waals surface area (Å²) in [5, 5.41) is 7.33. The summed E-state index contributed by atoms with van der Waals surface area (Å²) in [6.07, 6.45) is 7.44. The van der Waals surface area contributed by atoms with E-state index >= 15 is 0 Å². The van der Waals surface area contributed by atoms with Crippen molar-refractivity contribution in [2.45, 2.75) is 44.7 Å². The van der Waals surface area contributed by atoms with Gasteiger partial charge in [-0.2, -0.15) is 5.10 Å². The van der Waals surface area contributed by atoms with Crippen molar-refractivity contribution >= 4 is 5.91 Å². The van der Waals surface area contributed by atoms with Gasteiger partial charge in [0, 0.05) is 24.9 Å². The first-order chi connectivity index (χ1) is 11.1. The van der Waals surface area contributed by atoms with Crippen LogP contribution in [0.25, 0.3) is 5.69 Å². The Kier molecular flexibility index (Phi) is 4.76. The average Bonchev–Trinajstić information content (AvgIpc) is 3.20. The predicted molar refractivity (Wildman–Crippen MR) is 90.1 cm³/mol. The first kappa shape index (κ1) is 15.7. The zero-order valence-corrected chi connectivity index (χ0v) is 13.5. The Morgan fingerprint density at radius 2 is 2.30 bits per heavy atom. The van der Waals surface area contributed by atoms with Gasteiger partial charge in [0.1, 0.15) is 0 Å². The van der Waals surface area contributed by atoms with Crippen molar-refractivity contribution in [2.75, 3.05) is 0 Å². The zero-order valence-electron chi connectivity index (χ0n) is 13.5. The number of nitrogens with two attached hydrogens (primary N) is 1. The van der Waals surface area contributed by atoms with Gasteiger partial charge < -0.3 is 11.1 Å². The van der Waals surface area contributed by atoms with Gasteiger partial charge in [-0.25, -0.2) is 4.68 Å². The molecule has 1 unspecified atom stereocenters. The molecule has 5 nitrogen and oxygen atoms in total. The minimum atomic E-state index is -0.0318. The summed E-state index contributed by atoms with van der Waals surface area (Å²) in [5.74, 6) is 0.418. The molecule has 23 heavy (non-hydrogen) atoms. The molecule has 1 aromatic carbocycles. The van der Waals surface area contributed by atoms with Gasteiger partial charge in [0.15, 0.2) is 0 Å². The predicted octanol–water partition coefficient (Wildman–Crippen LogP) is 2.57. The van der Waals surface area contributed by atoms with Crippen LogP contribution in [0.3, 0.4) is 0 Å². The van der Waals surface area contributed by atoms with Gasteiger partial charge in [-0.15, -0.1) is 0 Å². The van der Waals surface area contributed by atoms with Gasteiger partial charge in [-0.05, 0) is 49.4 Å². The Bertz CT molecular complexity index is 653. The van der Waals surface area contributed by atoms with E-state index in [9.17, 15) is 4.79 Å². The number of benzene rings is 1. The number of carbonyl (C=O) groups is 1. The van der Waals surface area contributed by atoms with E-state index in [1.807, 2.05) is 42.1 Å². The van der Waals surface area contributed by atoms with E-state index in [2.05, 4.69) is 16.5 Å². The Balaban J connectivity index is 1.62. The molecule has 3 rings (SSSR count). The number of rotatable bonds is 5. The van der Waals surface area contributed by atoms with Crippen molar-refractivity contribution in [1.29, 1.82) is 0 Å². The molecule has 1 amide bonds. The van der Waals surface area contributed by atoms with E-state index in [1.165, 1.54) is 0 Å². The molecule has 2 aromatic rings. The molecule has 1 aromatic heterocycles. The molecule has 0 spiro atoms. The first-order valence-corrected chi connectivity index (χ1v) is 8.28. The number of amides is 1. The fourth-order valence-electron chi connectivity index (χ4n) is 3.30. The molecule has 1 fully saturated rings. The van der Waals surface area contributed by atoms with E-state index in [0.717, 1.165) is 30.5 Å². The summed E-state index contributed by atoms with van der Waals surface area (Å²) in [7, 11) is 0. The zero-order chi connectivity index (χ0) is 16.2. The number of aromatic nitrogens is 2. The summed E-state index contributed by atoms with van der Waals surface area (Å²) in [6.45, 7) is 2.01. The van der Waals surface area contributed by atoms with Crippen LogP contribution in [0.15, 0.2) is 42.7 Å². The topological polar surface area (TPSA) is 72.9 Å². The number of hydrogen-bond acceptors (Lipinski definition) is 3. The molecule has 3 atom stereocenters. The minimum absolute atomic E-state index is 0.0318. The van der Waals surface area contributed by atoms with Crippen LogP contribution in [0.2, 0.25) is 0 Å². The average molecular weight is 312 g/mol. The van der Waals surface area contributed by atoms with E-state index in [0.29, 0.717) is 12.3 Å². The maximum Gasteiger partial charge on any atom is 0.220 e. The molecular weight excluding hydrogens is 288 g/mol. The molecule has 0 aliphatic heterocycles. The molecule has 1 aliphatic carbocycles. The van der Waals surface area contributed by atoms with E-state index < -0.39 is 0 Å². The summed E-state index contributed by atoms with van der Waals surface area (Å²) in [5.41, 5.74) is 8.12. The first-order valence-electron chi connectivity index (χ1n) is 8.28. The summed E-state index contributed by atoms with van der Waals surface area (Å²) < 4.78 is 1.82.